The van der Waals surface area contributed by atoms with Gasteiger partial charge in [0.05, 0.1) is 11.7 Å². The lowest BCUT2D eigenvalue weighted by atomic mass is 9.74. The fourth-order valence-corrected chi connectivity index (χ4v) is 5.42. The molecule has 1 saturated heterocycles. The van der Waals surface area contributed by atoms with E-state index in [-0.39, 0.29) is 5.60 Å². The summed E-state index contributed by atoms with van der Waals surface area (Å²) in [5.74, 6) is 0.703. The van der Waals surface area contributed by atoms with Crippen molar-refractivity contribution in [2.45, 2.75) is 56.1 Å². The second-order valence-corrected chi connectivity index (χ2v) is 7.49. The Morgan fingerprint density at radius 3 is 2.89 bits per heavy atom. The molecule has 19 heavy (non-hydrogen) atoms. The number of hydrogen-bond donors (Lipinski definition) is 0. The van der Waals surface area contributed by atoms with Gasteiger partial charge in [0, 0.05) is 23.9 Å². The average Bonchev–Trinajstić information content (AvgIpc) is 2.93. The molecule has 3 aliphatic rings. The monoisotopic (exact) mass is 277 g/mol. The lowest BCUT2D eigenvalue weighted by Gasteiger charge is -2.49. The molecule has 0 bridgehead atoms. The normalized spacial score (nSPS) is 33.9. The number of hydrogen-bond acceptors (Lipinski definition) is 3. The molecule has 1 aliphatic carbocycles. The minimum Gasteiger partial charge on any atom is -0.366 e. The summed E-state index contributed by atoms with van der Waals surface area (Å²) in [5.41, 5.74) is 1.61. The molecule has 0 radical (unpaired) electrons. The van der Waals surface area contributed by atoms with Gasteiger partial charge in [-0.3, -0.25) is 0 Å². The molecule has 104 valence electrons. The minimum absolute atomic E-state index is 0.0559. The van der Waals surface area contributed by atoms with Gasteiger partial charge in [0.25, 0.3) is 0 Å². The van der Waals surface area contributed by atoms with Gasteiger partial charge in [0.1, 0.15) is 0 Å². The van der Waals surface area contributed by atoms with E-state index in [9.17, 15) is 0 Å². The maximum Gasteiger partial charge on any atom is 0.0970 e. The van der Waals surface area contributed by atoms with Crippen LogP contribution in [0.25, 0.3) is 0 Å². The summed E-state index contributed by atoms with van der Waals surface area (Å²) in [5, 5.41) is 2.30. The van der Waals surface area contributed by atoms with Crippen molar-refractivity contribution in [3.63, 3.8) is 0 Å². The second kappa shape index (κ2) is 4.57. The molecule has 2 nitrogen and oxygen atoms in total. The van der Waals surface area contributed by atoms with Crippen LogP contribution in [0.3, 0.4) is 0 Å². The van der Waals surface area contributed by atoms with E-state index < -0.39 is 0 Å². The summed E-state index contributed by atoms with van der Waals surface area (Å²) in [4.78, 5) is 4.11. The number of ether oxygens (including phenoxy) is 1. The highest BCUT2D eigenvalue weighted by Crippen LogP contribution is 2.52. The Labute approximate surface area is 119 Å². The smallest absolute Gasteiger partial charge is 0.0970 e. The maximum absolute atomic E-state index is 6.73. The molecule has 1 spiro atoms. The van der Waals surface area contributed by atoms with Crippen molar-refractivity contribution in [3.8, 4) is 0 Å². The lowest BCUT2D eigenvalue weighted by Crippen LogP contribution is -2.49. The predicted molar refractivity (Wildman–Crippen MR) is 78.8 cm³/mol. The summed E-state index contributed by atoms with van der Waals surface area (Å²) >= 11 is 1.99. The summed E-state index contributed by atoms with van der Waals surface area (Å²) in [6, 6.07) is 2.36. The molecule has 0 unspecified atom stereocenters. The van der Waals surface area contributed by atoms with Crippen LogP contribution in [0.5, 0.6) is 0 Å². The Hall–Kier alpha value is -0.380. The molecule has 4 rings (SSSR count). The van der Waals surface area contributed by atoms with Crippen LogP contribution >= 0.6 is 11.3 Å². The SMILES string of the molecule is CN1CCC2(CC1)O[C@H]1CCCC[C@H]1c1sccc12. The Bertz CT molecular complexity index is 461. The van der Waals surface area contributed by atoms with Crippen molar-refractivity contribution >= 4 is 11.3 Å². The predicted octanol–water partition coefficient (Wildman–Crippen LogP) is 3.73. The molecule has 1 aromatic rings. The Morgan fingerprint density at radius 1 is 1.26 bits per heavy atom. The van der Waals surface area contributed by atoms with E-state index in [1.54, 1.807) is 10.4 Å². The maximum atomic E-state index is 6.73. The first-order valence-corrected chi connectivity index (χ1v) is 8.61. The summed E-state index contributed by atoms with van der Waals surface area (Å²) in [6.07, 6.45) is 8.22. The van der Waals surface area contributed by atoms with Gasteiger partial charge in [-0.15, -0.1) is 11.3 Å². The van der Waals surface area contributed by atoms with Gasteiger partial charge in [-0.2, -0.15) is 0 Å². The van der Waals surface area contributed by atoms with Crippen LogP contribution in [0, 0.1) is 0 Å². The number of rotatable bonds is 0. The lowest BCUT2D eigenvalue weighted by molar-refractivity contribution is -0.154. The second-order valence-electron chi connectivity index (χ2n) is 6.54. The highest BCUT2D eigenvalue weighted by Gasteiger charge is 2.47. The number of thiophene rings is 1. The molecular formula is C16H23NOS. The highest BCUT2D eigenvalue weighted by molar-refractivity contribution is 7.10. The molecule has 0 amide bonds. The largest absolute Gasteiger partial charge is 0.366 e. The van der Waals surface area contributed by atoms with E-state index in [1.807, 2.05) is 11.3 Å². The van der Waals surface area contributed by atoms with Crippen molar-refractivity contribution in [3.05, 3.63) is 21.9 Å². The number of fused-ring (bicyclic) bond motifs is 4. The molecule has 1 saturated carbocycles. The van der Waals surface area contributed by atoms with Crippen LogP contribution in [0.1, 0.15) is 54.9 Å². The zero-order chi connectivity index (χ0) is 12.9. The third kappa shape index (κ3) is 1.90. The van der Waals surface area contributed by atoms with Gasteiger partial charge in [-0.25, -0.2) is 0 Å². The van der Waals surface area contributed by atoms with Crippen LogP contribution in [0.4, 0.5) is 0 Å². The van der Waals surface area contributed by atoms with E-state index in [0.717, 1.165) is 0 Å². The molecule has 0 aromatic carbocycles. The van der Waals surface area contributed by atoms with Crippen LogP contribution in [0.15, 0.2) is 11.4 Å². The topological polar surface area (TPSA) is 12.5 Å². The third-order valence-corrected chi connectivity index (χ3v) is 6.45. The summed E-state index contributed by atoms with van der Waals surface area (Å²) in [6.45, 7) is 2.35. The zero-order valence-electron chi connectivity index (χ0n) is 11.7. The van der Waals surface area contributed by atoms with Gasteiger partial charge in [0.15, 0.2) is 0 Å². The van der Waals surface area contributed by atoms with Gasteiger partial charge >= 0.3 is 0 Å². The first-order valence-electron chi connectivity index (χ1n) is 7.73. The molecule has 0 N–H and O–H groups in total. The van der Waals surface area contributed by atoms with Gasteiger partial charge in [-0.1, -0.05) is 12.8 Å². The van der Waals surface area contributed by atoms with E-state index in [0.29, 0.717) is 12.0 Å². The van der Waals surface area contributed by atoms with Crippen molar-refractivity contribution < 1.29 is 4.74 Å². The van der Waals surface area contributed by atoms with E-state index in [4.69, 9.17) is 4.74 Å². The Kier molecular flexibility index (Phi) is 2.98. The fraction of sp³-hybridized carbons (Fsp3) is 0.750. The quantitative estimate of drug-likeness (QED) is 0.716. The number of piperidine rings is 1. The van der Waals surface area contributed by atoms with Crippen LogP contribution in [-0.4, -0.2) is 31.1 Å². The molecule has 2 aliphatic heterocycles. The van der Waals surface area contributed by atoms with Crippen LogP contribution in [-0.2, 0) is 10.3 Å². The van der Waals surface area contributed by atoms with Crippen molar-refractivity contribution in [1.82, 2.24) is 4.90 Å². The van der Waals surface area contributed by atoms with Crippen molar-refractivity contribution in [2.75, 3.05) is 20.1 Å². The third-order valence-electron chi connectivity index (χ3n) is 5.40. The fourth-order valence-electron chi connectivity index (χ4n) is 4.24. The Balaban J connectivity index is 1.73. The first-order chi connectivity index (χ1) is 9.28. The zero-order valence-corrected chi connectivity index (χ0v) is 12.5. The Morgan fingerprint density at radius 2 is 2.05 bits per heavy atom. The van der Waals surface area contributed by atoms with Crippen molar-refractivity contribution in [1.29, 1.82) is 0 Å². The van der Waals surface area contributed by atoms with Crippen molar-refractivity contribution in [2.24, 2.45) is 0 Å². The van der Waals surface area contributed by atoms with Gasteiger partial charge in [0.2, 0.25) is 0 Å². The molecule has 3 heteroatoms. The molecule has 1 aromatic heterocycles. The average molecular weight is 277 g/mol. The minimum atomic E-state index is 0.0559. The number of nitrogens with zero attached hydrogens (tertiary/aromatic N) is 1. The molecular weight excluding hydrogens is 254 g/mol. The van der Waals surface area contributed by atoms with Crippen LogP contribution in [0.2, 0.25) is 0 Å². The standard InChI is InChI=1S/C16H23NOS/c1-17-9-7-16(8-10-17)13-6-11-19-15(13)12-4-2-3-5-14(12)18-16/h6,11-12,14H,2-5,7-10H2,1H3/t12-,14+/m1/s1. The van der Waals surface area contributed by atoms with E-state index in [1.165, 1.54) is 51.6 Å². The van der Waals surface area contributed by atoms with E-state index >= 15 is 0 Å². The van der Waals surface area contributed by atoms with Gasteiger partial charge < -0.3 is 9.64 Å². The summed E-state index contributed by atoms with van der Waals surface area (Å²) < 4.78 is 6.73. The molecule has 2 atom stereocenters. The molecule has 3 heterocycles. The van der Waals surface area contributed by atoms with Crippen LogP contribution < -0.4 is 0 Å². The number of likely N-dealkylation sites (tertiary alicyclic amines) is 1. The van der Waals surface area contributed by atoms with E-state index in [2.05, 4.69) is 23.4 Å². The van der Waals surface area contributed by atoms with Gasteiger partial charge in [-0.05, 0) is 49.7 Å². The highest BCUT2D eigenvalue weighted by atomic mass is 32.1. The molecule has 2 fully saturated rings. The summed E-state index contributed by atoms with van der Waals surface area (Å²) in [7, 11) is 2.23. The first kappa shape index (κ1) is 12.4.